The average molecular weight is 238 g/mol. The monoisotopic (exact) mass is 238 g/mol. The second-order valence-corrected chi connectivity index (χ2v) is 3.80. The molecule has 0 aliphatic rings. The number of pyridine rings is 1. The fraction of sp³-hybridized carbons (Fsp3) is 0. The van der Waals surface area contributed by atoms with Gasteiger partial charge in [-0.1, -0.05) is 18.2 Å². The van der Waals surface area contributed by atoms with E-state index >= 15 is 0 Å². The molecule has 0 bridgehead atoms. The highest BCUT2D eigenvalue weighted by molar-refractivity contribution is 6.03. The van der Waals surface area contributed by atoms with Crippen molar-refractivity contribution in [2.45, 2.75) is 0 Å². The van der Waals surface area contributed by atoms with Crippen molar-refractivity contribution in [1.82, 2.24) is 15.0 Å². The third kappa shape index (κ3) is 1.93. The summed E-state index contributed by atoms with van der Waals surface area (Å²) in [5.41, 5.74) is 2.16. The first-order valence-corrected chi connectivity index (χ1v) is 5.49. The van der Waals surface area contributed by atoms with Crippen molar-refractivity contribution >= 4 is 22.9 Å². The number of nitrogens with zero attached hydrogens (tertiary/aromatic N) is 2. The van der Waals surface area contributed by atoms with Crippen molar-refractivity contribution in [3.8, 4) is 0 Å². The SMILES string of the molecule is O=C(Nc1nc2ccncc2[nH]1)c1ccccc1. The number of anilines is 1. The summed E-state index contributed by atoms with van der Waals surface area (Å²) in [5.74, 6) is 0.231. The van der Waals surface area contributed by atoms with Crippen molar-refractivity contribution < 1.29 is 4.79 Å². The lowest BCUT2D eigenvalue weighted by Gasteiger charge is -2.00. The minimum atomic E-state index is -0.192. The Bertz CT molecular complexity index is 657. The first-order valence-electron chi connectivity index (χ1n) is 5.49. The van der Waals surface area contributed by atoms with Crippen molar-refractivity contribution in [2.24, 2.45) is 0 Å². The smallest absolute Gasteiger partial charge is 0.257 e. The molecule has 1 amide bonds. The Balaban J connectivity index is 1.86. The number of H-pyrrole nitrogens is 1. The lowest BCUT2D eigenvalue weighted by atomic mass is 10.2. The van der Waals surface area contributed by atoms with Gasteiger partial charge >= 0.3 is 0 Å². The molecule has 5 heteroatoms. The molecular formula is C13H10N4O. The van der Waals surface area contributed by atoms with Crippen LogP contribution < -0.4 is 5.32 Å². The molecule has 0 fully saturated rings. The zero-order valence-electron chi connectivity index (χ0n) is 9.42. The molecule has 1 aromatic carbocycles. The van der Waals surface area contributed by atoms with E-state index in [0.717, 1.165) is 11.0 Å². The van der Waals surface area contributed by atoms with E-state index < -0.39 is 0 Å². The Morgan fingerprint density at radius 2 is 2.00 bits per heavy atom. The maximum absolute atomic E-state index is 11.9. The molecule has 2 N–H and O–H groups in total. The molecule has 3 rings (SSSR count). The lowest BCUT2D eigenvalue weighted by molar-refractivity contribution is 0.102. The number of benzene rings is 1. The largest absolute Gasteiger partial charge is 0.323 e. The number of aromatic nitrogens is 3. The van der Waals surface area contributed by atoms with Crippen LogP contribution in [0.15, 0.2) is 48.8 Å². The van der Waals surface area contributed by atoms with E-state index in [9.17, 15) is 4.79 Å². The Labute approximate surface area is 103 Å². The topological polar surface area (TPSA) is 70.7 Å². The predicted molar refractivity (Wildman–Crippen MR) is 68.3 cm³/mol. The first-order chi connectivity index (χ1) is 8.83. The second-order valence-electron chi connectivity index (χ2n) is 3.80. The number of fused-ring (bicyclic) bond motifs is 1. The van der Waals surface area contributed by atoms with Crippen LogP contribution in [0.3, 0.4) is 0 Å². The molecule has 0 spiro atoms. The van der Waals surface area contributed by atoms with Gasteiger partial charge in [0.05, 0.1) is 17.2 Å². The lowest BCUT2D eigenvalue weighted by Crippen LogP contribution is -2.12. The number of carbonyl (C=O) groups is 1. The second kappa shape index (κ2) is 4.29. The summed E-state index contributed by atoms with van der Waals surface area (Å²) in [6.45, 7) is 0. The van der Waals surface area contributed by atoms with Crippen LogP contribution in [0.4, 0.5) is 5.95 Å². The Morgan fingerprint density at radius 3 is 2.78 bits per heavy atom. The molecule has 0 aliphatic carbocycles. The third-order valence-electron chi connectivity index (χ3n) is 2.55. The highest BCUT2D eigenvalue weighted by Crippen LogP contribution is 2.12. The summed E-state index contributed by atoms with van der Waals surface area (Å²) in [5, 5.41) is 2.71. The number of imidazole rings is 1. The van der Waals surface area contributed by atoms with Crippen LogP contribution in [0.2, 0.25) is 0 Å². The van der Waals surface area contributed by atoms with Gasteiger partial charge in [-0.05, 0) is 18.2 Å². The summed E-state index contributed by atoms with van der Waals surface area (Å²) >= 11 is 0. The van der Waals surface area contributed by atoms with Gasteiger partial charge in [0.2, 0.25) is 5.95 Å². The zero-order chi connectivity index (χ0) is 12.4. The summed E-state index contributed by atoms with van der Waals surface area (Å²) in [6.07, 6.45) is 3.33. The molecule has 2 heterocycles. The molecule has 5 nitrogen and oxygen atoms in total. The number of amides is 1. The van der Waals surface area contributed by atoms with E-state index in [0.29, 0.717) is 11.5 Å². The molecule has 0 radical (unpaired) electrons. The maximum Gasteiger partial charge on any atom is 0.257 e. The number of nitrogens with one attached hydrogen (secondary N) is 2. The maximum atomic E-state index is 11.9. The molecular weight excluding hydrogens is 228 g/mol. The molecule has 88 valence electrons. The fourth-order valence-corrected chi connectivity index (χ4v) is 1.69. The summed E-state index contributed by atoms with van der Waals surface area (Å²) < 4.78 is 0. The van der Waals surface area contributed by atoms with Crippen LogP contribution in [-0.4, -0.2) is 20.9 Å². The minimum Gasteiger partial charge on any atom is -0.323 e. The molecule has 0 saturated heterocycles. The minimum absolute atomic E-state index is 0.192. The molecule has 0 atom stereocenters. The summed E-state index contributed by atoms with van der Waals surface area (Å²) in [4.78, 5) is 23.1. The van der Waals surface area contributed by atoms with E-state index in [2.05, 4.69) is 20.3 Å². The Kier molecular flexibility index (Phi) is 2.49. The number of hydrogen-bond acceptors (Lipinski definition) is 3. The first kappa shape index (κ1) is 10.5. The van der Waals surface area contributed by atoms with Crippen LogP contribution in [0.5, 0.6) is 0 Å². The highest BCUT2D eigenvalue weighted by Gasteiger charge is 2.08. The van der Waals surface area contributed by atoms with Gasteiger partial charge in [0.25, 0.3) is 5.91 Å². The van der Waals surface area contributed by atoms with Crippen molar-refractivity contribution in [3.05, 3.63) is 54.4 Å². The van der Waals surface area contributed by atoms with Gasteiger partial charge in [-0.25, -0.2) is 4.98 Å². The van der Waals surface area contributed by atoms with Crippen LogP contribution in [-0.2, 0) is 0 Å². The number of aromatic amines is 1. The van der Waals surface area contributed by atoms with Crippen LogP contribution >= 0.6 is 0 Å². The summed E-state index contributed by atoms with van der Waals surface area (Å²) in [6, 6.07) is 10.8. The molecule has 0 unspecified atom stereocenters. The highest BCUT2D eigenvalue weighted by atomic mass is 16.1. The number of rotatable bonds is 2. The van der Waals surface area contributed by atoms with Gasteiger partial charge in [0, 0.05) is 11.8 Å². The quantitative estimate of drug-likeness (QED) is 0.719. The van der Waals surface area contributed by atoms with Gasteiger partial charge in [0.15, 0.2) is 0 Å². The molecule has 18 heavy (non-hydrogen) atoms. The van der Waals surface area contributed by atoms with E-state index in [-0.39, 0.29) is 5.91 Å². The average Bonchev–Trinajstić information content (AvgIpc) is 2.82. The zero-order valence-corrected chi connectivity index (χ0v) is 9.42. The molecule has 0 saturated carbocycles. The summed E-state index contributed by atoms with van der Waals surface area (Å²) in [7, 11) is 0. The van der Waals surface area contributed by atoms with Crippen LogP contribution in [0.25, 0.3) is 11.0 Å². The molecule has 3 aromatic rings. The molecule has 2 aromatic heterocycles. The normalized spacial score (nSPS) is 10.4. The van der Waals surface area contributed by atoms with Crippen molar-refractivity contribution in [1.29, 1.82) is 0 Å². The Morgan fingerprint density at radius 1 is 1.17 bits per heavy atom. The van der Waals surface area contributed by atoms with E-state index in [4.69, 9.17) is 0 Å². The van der Waals surface area contributed by atoms with E-state index in [1.54, 1.807) is 30.6 Å². The van der Waals surface area contributed by atoms with Gasteiger partial charge in [-0.3, -0.25) is 15.1 Å². The van der Waals surface area contributed by atoms with Gasteiger partial charge in [0.1, 0.15) is 0 Å². The standard InChI is InChI=1S/C13H10N4O/c18-12(9-4-2-1-3-5-9)17-13-15-10-6-7-14-8-11(10)16-13/h1-8H,(H2,15,16,17,18). The number of hydrogen-bond donors (Lipinski definition) is 2. The van der Waals surface area contributed by atoms with Crippen molar-refractivity contribution in [2.75, 3.05) is 5.32 Å². The Hall–Kier alpha value is -2.69. The third-order valence-corrected chi connectivity index (χ3v) is 2.55. The van der Waals surface area contributed by atoms with Gasteiger partial charge < -0.3 is 4.98 Å². The predicted octanol–water partition coefficient (Wildman–Crippen LogP) is 2.21. The van der Waals surface area contributed by atoms with Gasteiger partial charge in [-0.15, -0.1) is 0 Å². The van der Waals surface area contributed by atoms with E-state index in [1.807, 2.05) is 18.2 Å². The van der Waals surface area contributed by atoms with E-state index in [1.165, 1.54) is 0 Å². The molecule has 0 aliphatic heterocycles. The van der Waals surface area contributed by atoms with Crippen molar-refractivity contribution in [3.63, 3.8) is 0 Å². The van der Waals surface area contributed by atoms with Crippen LogP contribution in [0, 0.1) is 0 Å². The number of carbonyl (C=O) groups excluding carboxylic acids is 1. The van der Waals surface area contributed by atoms with Gasteiger partial charge in [-0.2, -0.15) is 0 Å². The van der Waals surface area contributed by atoms with Crippen LogP contribution in [0.1, 0.15) is 10.4 Å². The fourth-order valence-electron chi connectivity index (χ4n) is 1.69.